The van der Waals surface area contributed by atoms with Gasteiger partial charge in [0.25, 0.3) is 0 Å². The minimum atomic E-state index is -0.162. The maximum atomic E-state index is 9.90. The SMILES string of the molecule is CC(CCCC(O)C(C)(C)C)C(C)(C)C. The van der Waals surface area contributed by atoms with Crippen molar-refractivity contribution >= 4 is 0 Å². The first-order chi connectivity index (χ1) is 6.55. The number of hydrogen-bond acceptors (Lipinski definition) is 1. The van der Waals surface area contributed by atoms with Gasteiger partial charge in [0.2, 0.25) is 0 Å². The summed E-state index contributed by atoms with van der Waals surface area (Å²) in [7, 11) is 0. The van der Waals surface area contributed by atoms with Crippen molar-refractivity contribution in [1.82, 2.24) is 0 Å². The van der Waals surface area contributed by atoms with Crippen molar-refractivity contribution in [2.45, 2.75) is 73.8 Å². The Balaban J connectivity index is 3.81. The first-order valence-corrected chi connectivity index (χ1v) is 6.23. The largest absolute Gasteiger partial charge is 0.393 e. The molecule has 0 aliphatic heterocycles. The van der Waals surface area contributed by atoms with E-state index in [0.717, 1.165) is 18.8 Å². The molecule has 0 aromatic heterocycles. The van der Waals surface area contributed by atoms with Crippen molar-refractivity contribution in [3.63, 3.8) is 0 Å². The number of rotatable bonds is 4. The molecule has 0 fully saturated rings. The zero-order valence-electron chi connectivity index (χ0n) is 11.7. The highest BCUT2D eigenvalue weighted by atomic mass is 16.3. The lowest BCUT2D eigenvalue weighted by molar-refractivity contribution is 0.0510. The molecule has 0 rings (SSSR count). The third-order valence-corrected chi connectivity index (χ3v) is 3.59. The normalized spacial score (nSPS) is 17.6. The summed E-state index contributed by atoms with van der Waals surface area (Å²) in [5, 5.41) is 9.90. The van der Waals surface area contributed by atoms with E-state index in [2.05, 4.69) is 48.5 Å². The van der Waals surface area contributed by atoms with E-state index in [1.165, 1.54) is 6.42 Å². The smallest absolute Gasteiger partial charge is 0.0588 e. The highest BCUT2D eigenvalue weighted by Crippen LogP contribution is 2.31. The minimum absolute atomic E-state index is 0.0327. The molecule has 1 heteroatoms. The van der Waals surface area contributed by atoms with E-state index < -0.39 is 0 Å². The quantitative estimate of drug-likeness (QED) is 0.742. The van der Waals surface area contributed by atoms with Crippen LogP contribution in [-0.4, -0.2) is 11.2 Å². The van der Waals surface area contributed by atoms with Crippen molar-refractivity contribution in [1.29, 1.82) is 0 Å². The second-order valence-corrected chi connectivity index (χ2v) is 7.08. The fraction of sp³-hybridized carbons (Fsp3) is 1.00. The summed E-state index contributed by atoms with van der Waals surface area (Å²) in [6.45, 7) is 15.5. The molecule has 0 saturated heterocycles. The molecule has 0 bridgehead atoms. The zero-order valence-corrected chi connectivity index (χ0v) is 11.7. The first kappa shape index (κ1) is 15.0. The number of hydrogen-bond donors (Lipinski definition) is 1. The zero-order chi connectivity index (χ0) is 12.3. The van der Waals surface area contributed by atoms with E-state index in [9.17, 15) is 5.11 Å². The molecule has 0 amide bonds. The van der Waals surface area contributed by atoms with Gasteiger partial charge < -0.3 is 5.11 Å². The third-order valence-electron chi connectivity index (χ3n) is 3.59. The van der Waals surface area contributed by atoms with E-state index in [1.54, 1.807) is 0 Å². The lowest BCUT2D eigenvalue weighted by Crippen LogP contribution is -2.26. The van der Waals surface area contributed by atoms with Crippen LogP contribution in [0, 0.1) is 16.7 Å². The molecule has 1 nitrogen and oxygen atoms in total. The predicted molar refractivity (Wildman–Crippen MR) is 67.9 cm³/mol. The fourth-order valence-electron chi connectivity index (χ4n) is 1.48. The van der Waals surface area contributed by atoms with Gasteiger partial charge in [-0.2, -0.15) is 0 Å². The first-order valence-electron chi connectivity index (χ1n) is 6.23. The molecule has 0 spiro atoms. The average molecular weight is 214 g/mol. The molecule has 0 aromatic carbocycles. The highest BCUT2D eigenvalue weighted by Gasteiger charge is 2.23. The molecule has 0 radical (unpaired) electrons. The highest BCUT2D eigenvalue weighted by molar-refractivity contribution is 4.74. The van der Waals surface area contributed by atoms with E-state index in [0.29, 0.717) is 5.41 Å². The molecule has 0 aliphatic carbocycles. The summed E-state index contributed by atoms with van der Waals surface area (Å²) in [5.41, 5.74) is 0.428. The Bertz CT molecular complexity index is 151. The van der Waals surface area contributed by atoms with Crippen LogP contribution in [0.4, 0.5) is 0 Å². The monoisotopic (exact) mass is 214 g/mol. The van der Waals surface area contributed by atoms with Crippen molar-refractivity contribution < 1.29 is 5.11 Å². The fourth-order valence-corrected chi connectivity index (χ4v) is 1.48. The van der Waals surface area contributed by atoms with Crippen LogP contribution in [0.3, 0.4) is 0 Å². The van der Waals surface area contributed by atoms with Crippen LogP contribution in [0.2, 0.25) is 0 Å². The van der Waals surface area contributed by atoms with Gasteiger partial charge in [-0.15, -0.1) is 0 Å². The maximum Gasteiger partial charge on any atom is 0.0588 e. The van der Waals surface area contributed by atoms with Gasteiger partial charge in [-0.25, -0.2) is 0 Å². The van der Waals surface area contributed by atoms with Gasteiger partial charge in [0.15, 0.2) is 0 Å². The summed E-state index contributed by atoms with van der Waals surface area (Å²) in [6.07, 6.45) is 3.13. The van der Waals surface area contributed by atoms with Crippen LogP contribution in [0.1, 0.15) is 67.7 Å². The molecule has 1 N–H and O–H groups in total. The summed E-state index contributed by atoms with van der Waals surface area (Å²) in [4.78, 5) is 0. The van der Waals surface area contributed by atoms with Crippen LogP contribution in [0.5, 0.6) is 0 Å². The lowest BCUT2D eigenvalue weighted by Gasteiger charge is -2.29. The Kier molecular flexibility index (Phi) is 5.32. The molecule has 2 unspecified atom stereocenters. The van der Waals surface area contributed by atoms with Crippen molar-refractivity contribution in [2.24, 2.45) is 16.7 Å². The summed E-state index contributed by atoms with van der Waals surface area (Å²) >= 11 is 0. The molecule has 0 aromatic rings. The van der Waals surface area contributed by atoms with Crippen LogP contribution in [0.25, 0.3) is 0 Å². The second kappa shape index (κ2) is 5.34. The Labute approximate surface area is 96.3 Å². The summed E-state index contributed by atoms with van der Waals surface area (Å²) in [5.74, 6) is 0.727. The van der Waals surface area contributed by atoms with Gasteiger partial charge >= 0.3 is 0 Å². The van der Waals surface area contributed by atoms with Gasteiger partial charge in [0.05, 0.1) is 6.10 Å². The van der Waals surface area contributed by atoms with Crippen LogP contribution in [0.15, 0.2) is 0 Å². The lowest BCUT2D eigenvalue weighted by atomic mass is 9.78. The Morgan fingerprint density at radius 3 is 1.67 bits per heavy atom. The van der Waals surface area contributed by atoms with E-state index in [4.69, 9.17) is 0 Å². The topological polar surface area (TPSA) is 20.2 Å². The van der Waals surface area contributed by atoms with E-state index in [-0.39, 0.29) is 11.5 Å². The molecule has 0 aliphatic rings. The van der Waals surface area contributed by atoms with Gasteiger partial charge in [-0.05, 0) is 23.2 Å². The van der Waals surface area contributed by atoms with Crippen LogP contribution < -0.4 is 0 Å². The molecule has 2 atom stereocenters. The van der Waals surface area contributed by atoms with Gasteiger partial charge in [-0.1, -0.05) is 61.3 Å². The van der Waals surface area contributed by atoms with Gasteiger partial charge in [-0.3, -0.25) is 0 Å². The van der Waals surface area contributed by atoms with Crippen molar-refractivity contribution in [2.75, 3.05) is 0 Å². The van der Waals surface area contributed by atoms with E-state index >= 15 is 0 Å². The molecule has 92 valence electrons. The minimum Gasteiger partial charge on any atom is -0.393 e. The van der Waals surface area contributed by atoms with Gasteiger partial charge in [0, 0.05) is 0 Å². The van der Waals surface area contributed by atoms with Crippen molar-refractivity contribution in [3.05, 3.63) is 0 Å². The van der Waals surface area contributed by atoms with E-state index in [1.807, 2.05) is 0 Å². The molecule has 0 heterocycles. The van der Waals surface area contributed by atoms with Gasteiger partial charge in [0.1, 0.15) is 0 Å². The molecule has 0 saturated carbocycles. The molecular weight excluding hydrogens is 184 g/mol. The molecular formula is C14H30O. The third kappa shape index (κ3) is 6.19. The van der Waals surface area contributed by atoms with Crippen molar-refractivity contribution in [3.8, 4) is 0 Å². The number of aliphatic hydroxyl groups is 1. The predicted octanol–water partition coefficient (Wildman–Crippen LogP) is 4.25. The summed E-state index contributed by atoms with van der Waals surface area (Å²) < 4.78 is 0. The van der Waals surface area contributed by atoms with Crippen LogP contribution in [-0.2, 0) is 0 Å². The van der Waals surface area contributed by atoms with Crippen LogP contribution >= 0.6 is 0 Å². The Morgan fingerprint density at radius 2 is 1.33 bits per heavy atom. The second-order valence-electron chi connectivity index (χ2n) is 7.08. The Hall–Kier alpha value is -0.0400. The molecule has 15 heavy (non-hydrogen) atoms. The Morgan fingerprint density at radius 1 is 0.867 bits per heavy atom. The average Bonchev–Trinajstić information content (AvgIpc) is 2.00. The summed E-state index contributed by atoms with van der Waals surface area (Å²) in [6, 6.07) is 0. The number of aliphatic hydroxyl groups excluding tert-OH is 1. The standard InChI is InChI=1S/C14H30O/c1-11(13(2,3)4)9-8-10-12(15)14(5,6)7/h11-12,15H,8-10H2,1-7H3. The maximum absolute atomic E-state index is 9.90.